The van der Waals surface area contributed by atoms with Crippen molar-refractivity contribution in [1.82, 2.24) is 0 Å². The van der Waals surface area contributed by atoms with Crippen LogP contribution in [0.15, 0.2) is 12.1 Å². The van der Waals surface area contributed by atoms with Crippen LogP contribution < -0.4 is 0 Å². The fourth-order valence-electron chi connectivity index (χ4n) is 0.574. The van der Waals surface area contributed by atoms with Crippen molar-refractivity contribution in [3.05, 3.63) is 21.3 Å². The summed E-state index contributed by atoms with van der Waals surface area (Å²) in [5, 5.41) is 16.9. The molecule has 3 nitrogen and oxygen atoms in total. The van der Waals surface area contributed by atoms with Crippen molar-refractivity contribution in [2.75, 3.05) is 0 Å². The molecule has 11 heavy (non-hydrogen) atoms. The molecule has 0 unspecified atom stereocenters. The van der Waals surface area contributed by atoms with Crippen molar-refractivity contribution in [1.29, 1.82) is 0 Å². The molecule has 0 bridgehead atoms. The average molecular weight is 193 g/mol. The van der Waals surface area contributed by atoms with Gasteiger partial charge in [-0.25, -0.2) is 0 Å². The van der Waals surface area contributed by atoms with E-state index in [1.165, 1.54) is 12.1 Å². The molecule has 2 N–H and O–H groups in total. The molecule has 0 radical (unpaired) electrons. The third-order valence-corrected chi connectivity index (χ3v) is 2.30. The lowest BCUT2D eigenvalue weighted by Crippen LogP contribution is -2.17. The Morgan fingerprint density at radius 1 is 1.55 bits per heavy atom. The molecular weight excluding hydrogens is 188 g/mol. The molecule has 0 aliphatic carbocycles. The van der Waals surface area contributed by atoms with E-state index < -0.39 is 12.1 Å². The zero-order chi connectivity index (χ0) is 8.43. The molecule has 5 heteroatoms. The highest BCUT2D eigenvalue weighted by Crippen LogP contribution is 2.22. The molecule has 0 aliphatic heterocycles. The van der Waals surface area contributed by atoms with Crippen molar-refractivity contribution in [3.63, 3.8) is 0 Å². The second-order valence-electron chi connectivity index (χ2n) is 1.84. The molecule has 1 aromatic heterocycles. The first-order valence-corrected chi connectivity index (χ1v) is 3.96. The van der Waals surface area contributed by atoms with Gasteiger partial charge in [0.25, 0.3) is 0 Å². The quantitative estimate of drug-likeness (QED) is 0.541. The Labute approximate surface area is 71.9 Å². The van der Waals surface area contributed by atoms with Crippen molar-refractivity contribution < 1.29 is 15.0 Å². The van der Waals surface area contributed by atoms with E-state index in [-0.39, 0.29) is 4.88 Å². The van der Waals surface area contributed by atoms with Crippen LogP contribution in [0.3, 0.4) is 0 Å². The maximum atomic E-state index is 10.8. The van der Waals surface area contributed by atoms with E-state index in [2.05, 4.69) is 0 Å². The summed E-state index contributed by atoms with van der Waals surface area (Å²) in [5.41, 5.74) is 0. The number of hydrogen-bond donors (Lipinski definition) is 2. The standard InChI is InChI=1S/C6H5ClO3S/c7-4-2-1-3(11-4)5(8)6(9)10/h1-2,6,9-10H. The average Bonchev–Trinajstić information content (AvgIpc) is 2.34. The number of rotatable bonds is 2. The van der Waals surface area contributed by atoms with E-state index in [4.69, 9.17) is 21.8 Å². The second kappa shape index (κ2) is 3.32. The summed E-state index contributed by atoms with van der Waals surface area (Å²) in [5.74, 6) is -0.720. The zero-order valence-corrected chi connectivity index (χ0v) is 6.89. The van der Waals surface area contributed by atoms with Crippen LogP contribution in [0, 0.1) is 0 Å². The van der Waals surface area contributed by atoms with Gasteiger partial charge in [0.2, 0.25) is 12.1 Å². The minimum atomic E-state index is -1.94. The van der Waals surface area contributed by atoms with Crippen LogP contribution in [0.4, 0.5) is 0 Å². The fourth-order valence-corrected chi connectivity index (χ4v) is 1.57. The molecule has 1 aromatic rings. The number of ketones is 1. The second-order valence-corrected chi connectivity index (χ2v) is 3.56. The van der Waals surface area contributed by atoms with Crippen molar-refractivity contribution in [2.45, 2.75) is 6.29 Å². The number of aliphatic hydroxyl groups excluding tert-OH is 1. The van der Waals surface area contributed by atoms with Crippen molar-refractivity contribution in [2.24, 2.45) is 0 Å². The van der Waals surface area contributed by atoms with Gasteiger partial charge in [-0.1, -0.05) is 11.6 Å². The monoisotopic (exact) mass is 192 g/mol. The number of aliphatic hydroxyl groups is 2. The summed E-state index contributed by atoms with van der Waals surface area (Å²) in [6.07, 6.45) is -1.94. The molecular formula is C6H5ClO3S. The number of halogens is 1. The van der Waals surface area contributed by atoms with Crippen LogP contribution in [0.25, 0.3) is 0 Å². The highest BCUT2D eigenvalue weighted by molar-refractivity contribution is 7.18. The molecule has 0 saturated heterocycles. The molecule has 0 fully saturated rings. The number of thiophene rings is 1. The summed E-state index contributed by atoms with van der Waals surface area (Å²) in [7, 11) is 0. The lowest BCUT2D eigenvalue weighted by atomic mass is 10.3. The first-order valence-electron chi connectivity index (χ1n) is 2.77. The third kappa shape index (κ3) is 2.00. The van der Waals surface area contributed by atoms with E-state index in [9.17, 15) is 4.79 Å². The van der Waals surface area contributed by atoms with Gasteiger partial charge in [0, 0.05) is 0 Å². The molecule has 0 atom stereocenters. The Morgan fingerprint density at radius 2 is 2.18 bits per heavy atom. The Bertz CT molecular complexity index is 269. The van der Waals surface area contributed by atoms with E-state index in [0.29, 0.717) is 4.34 Å². The highest BCUT2D eigenvalue weighted by Gasteiger charge is 2.15. The fraction of sp³-hybridized carbons (Fsp3) is 0.167. The largest absolute Gasteiger partial charge is 0.362 e. The van der Waals surface area contributed by atoms with E-state index in [0.717, 1.165) is 11.3 Å². The Hall–Kier alpha value is -0.420. The van der Waals surface area contributed by atoms with Gasteiger partial charge < -0.3 is 10.2 Å². The minimum Gasteiger partial charge on any atom is -0.362 e. The molecule has 0 amide bonds. The van der Waals surface area contributed by atoms with Crippen molar-refractivity contribution >= 4 is 28.7 Å². The number of hydrogen-bond acceptors (Lipinski definition) is 4. The summed E-state index contributed by atoms with van der Waals surface area (Å²) in [6.45, 7) is 0. The molecule has 0 aromatic carbocycles. The molecule has 60 valence electrons. The maximum absolute atomic E-state index is 10.8. The van der Waals surface area contributed by atoms with Gasteiger partial charge in [-0.15, -0.1) is 11.3 Å². The molecule has 0 spiro atoms. The van der Waals surface area contributed by atoms with E-state index in [1.807, 2.05) is 0 Å². The number of carbonyl (C=O) groups excluding carboxylic acids is 1. The van der Waals surface area contributed by atoms with Crippen LogP contribution in [0.2, 0.25) is 4.34 Å². The SMILES string of the molecule is O=C(c1ccc(Cl)s1)C(O)O. The van der Waals surface area contributed by atoms with Crippen LogP contribution >= 0.6 is 22.9 Å². The Kier molecular flexibility index (Phi) is 2.62. The van der Waals surface area contributed by atoms with E-state index >= 15 is 0 Å². The van der Waals surface area contributed by atoms with Gasteiger partial charge in [-0.05, 0) is 12.1 Å². The van der Waals surface area contributed by atoms with E-state index in [1.54, 1.807) is 0 Å². The zero-order valence-electron chi connectivity index (χ0n) is 5.32. The summed E-state index contributed by atoms with van der Waals surface area (Å²) in [6, 6.07) is 2.98. The third-order valence-electron chi connectivity index (χ3n) is 1.05. The first kappa shape index (κ1) is 8.67. The lowest BCUT2D eigenvalue weighted by molar-refractivity contribution is -0.0192. The van der Waals surface area contributed by atoms with Gasteiger partial charge >= 0.3 is 0 Å². The smallest absolute Gasteiger partial charge is 0.228 e. The highest BCUT2D eigenvalue weighted by atomic mass is 35.5. The predicted molar refractivity (Wildman–Crippen MR) is 41.9 cm³/mol. The molecule has 1 rings (SSSR count). The molecule has 1 heterocycles. The topological polar surface area (TPSA) is 57.5 Å². The Balaban J connectivity index is 2.85. The lowest BCUT2D eigenvalue weighted by Gasteiger charge is -1.96. The van der Waals surface area contributed by atoms with Gasteiger partial charge in [-0.3, -0.25) is 4.79 Å². The maximum Gasteiger partial charge on any atom is 0.228 e. The Morgan fingerprint density at radius 3 is 2.55 bits per heavy atom. The van der Waals surface area contributed by atoms with Crippen LogP contribution in [0.5, 0.6) is 0 Å². The minimum absolute atomic E-state index is 0.255. The molecule has 0 saturated carbocycles. The normalized spacial score (nSPS) is 10.5. The van der Waals surface area contributed by atoms with Crippen LogP contribution in [-0.2, 0) is 0 Å². The first-order chi connectivity index (χ1) is 5.11. The number of Topliss-reactive ketones (excluding diaryl/α,β-unsaturated/α-hetero) is 1. The van der Waals surface area contributed by atoms with Crippen molar-refractivity contribution in [3.8, 4) is 0 Å². The predicted octanol–water partition coefficient (Wildman–Crippen LogP) is 0.895. The number of carbonyl (C=O) groups is 1. The van der Waals surface area contributed by atoms with Gasteiger partial charge in [0.05, 0.1) is 9.21 Å². The summed E-state index contributed by atoms with van der Waals surface area (Å²) < 4.78 is 0.453. The summed E-state index contributed by atoms with van der Waals surface area (Å²) in [4.78, 5) is 11.1. The van der Waals surface area contributed by atoms with Crippen LogP contribution in [-0.4, -0.2) is 22.3 Å². The van der Waals surface area contributed by atoms with Gasteiger partial charge in [0.1, 0.15) is 0 Å². The van der Waals surface area contributed by atoms with Gasteiger partial charge in [-0.2, -0.15) is 0 Å². The summed E-state index contributed by atoms with van der Waals surface area (Å²) >= 11 is 6.53. The van der Waals surface area contributed by atoms with Gasteiger partial charge in [0.15, 0.2) is 0 Å². The van der Waals surface area contributed by atoms with Crippen LogP contribution in [0.1, 0.15) is 9.67 Å². The molecule has 0 aliphatic rings.